The molecule has 1 N–H and O–H groups in total. The first-order chi connectivity index (χ1) is 10.1. The largest absolute Gasteiger partial charge is 0.384 e. The Labute approximate surface area is 126 Å². The highest BCUT2D eigenvalue weighted by Crippen LogP contribution is 2.26. The van der Waals surface area contributed by atoms with Crippen LogP contribution < -0.4 is 0 Å². The molecule has 21 heavy (non-hydrogen) atoms. The highest BCUT2D eigenvalue weighted by atomic mass is 32.2. The average Bonchev–Trinajstić information content (AvgIpc) is 2.95. The summed E-state index contributed by atoms with van der Waals surface area (Å²) >= 11 is 0. The van der Waals surface area contributed by atoms with Gasteiger partial charge in [0.2, 0.25) is 10.0 Å². The van der Waals surface area contributed by atoms with Crippen molar-refractivity contribution in [3.05, 3.63) is 29.8 Å². The van der Waals surface area contributed by atoms with E-state index in [2.05, 4.69) is 18.8 Å². The van der Waals surface area contributed by atoms with E-state index in [0.29, 0.717) is 29.5 Å². The lowest BCUT2D eigenvalue weighted by Crippen LogP contribution is -2.28. The third-order valence-corrected chi connectivity index (χ3v) is 5.63. The lowest BCUT2D eigenvalue weighted by Gasteiger charge is -2.16. The molecule has 1 aromatic rings. The van der Waals surface area contributed by atoms with Crippen LogP contribution in [0, 0.1) is 17.8 Å². The third-order valence-electron chi connectivity index (χ3n) is 3.75. The number of aliphatic hydroxyl groups excluding tert-OH is 1. The Morgan fingerprint density at radius 3 is 2.67 bits per heavy atom. The van der Waals surface area contributed by atoms with E-state index in [4.69, 9.17) is 5.11 Å². The summed E-state index contributed by atoms with van der Waals surface area (Å²) in [5.74, 6) is 5.79. The smallest absolute Gasteiger partial charge is 0.243 e. The van der Waals surface area contributed by atoms with Gasteiger partial charge in [-0.05, 0) is 43.0 Å². The molecule has 0 radical (unpaired) electrons. The van der Waals surface area contributed by atoms with Gasteiger partial charge >= 0.3 is 0 Å². The predicted molar refractivity (Wildman–Crippen MR) is 82.2 cm³/mol. The lowest BCUT2D eigenvalue weighted by atomic mass is 10.0. The number of sulfonamides is 1. The molecule has 1 fully saturated rings. The number of nitrogens with zero attached hydrogens (tertiary/aromatic N) is 1. The van der Waals surface area contributed by atoms with Gasteiger partial charge in [0.1, 0.15) is 6.61 Å². The summed E-state index contributed by atoms with van der Waals surface area (Å²) in [7, 11) is -3.39. The van der Waals surface area contributed by atoms with E-state index in [1.807, 2.05) is 0 Å². The Bertz CT molecular complexity index is 626. The van der Waals surface area contributed by atoms with Gasteiger partial charge in [-0.3, -0.25) is 0 Å². The molecule has 0 bridgehead atoms. The molecule has 1 aromatic carbocycles. The zero-order chi connectivity index (χ0) is 15.3. The van der Waals surface area contributed by atoms with Crippen molar-refractivity contribution in [3.63, 3.8) is 0 Å². The van der Waals surface area contributed by atoms with Crippen molar-refractivity contribution in [3.8, 4) is 11.8 Å². The zero-order valence-electron chi connectivity index (χ0n) is 12.2. The Balaban J connectivity index is 2.13. The van der Waals surface area contributed by atoms with Crippen LogP contribution >= 0.6 is 0 Å². The van der Waals surface area contributed by atoms with Crippen molar-refractivity contribution in [2.24, 2.45) is 5.92 Å². The highest BCUT2D eigenvalue weighted by Gasteiger charge is 2.31. The van der Waals surface area contributed by atoms with E-state index >= 15 is 0 Å². The molecule has 0 amide bonds. The fraction of sp³-hybridized carbons (Fsp3) is 0.500. The van der Waals surface area contributed by atoms with Crippen LogP contribution in [0.25, 0.3) is 0 Å². The van der Waals surface area contributed by atoms with Gasteiger partial charge in [0, 0.05) is 18.7 Å². The SMILES string of the molecule is CCCC1CCN(S(=O)(=O)c2ccc(C#CCO)cc2)C1. The van der Waals surface area contributed by atoms with Crippen LogP contribution in [-0.4, -0.2) is 37.5 Å². The summed E-state index contributed by atoms with van der Waals surface area (Å²) < 4.78 is 26.7. The van der Waals surface area contributed by atoms with E-state index in [1.165, 1.54) is 0 Å². The van der Waals surface area contributed by atoms with Gasteiger partial charge < -0.3 is 5.11 Å². The lowest BCUT2D eigenvalue weighted by molar-refractivity contribution is 0.350. The molecule has 5 heteroatoms. The van der Waals surface area contributed by atoms with Crippen LogP contribution in [0.2, 0.25) is 0 Å². The van der Waals surface area contributed by atoms with Gasteiger partial charge in [-0.25, -0.2) is 8.42 Å². The number of rotatable bonds is 4. The molecule has 4 nitrogen and oxygen atoms in total. The molecule has 1 unspecified atom stereocenters. The molecule has 0 saturated carbocycles. The normalized spacial score (nSPS) is 19.2. The summed E-state index contributed by atoms with van der Waals surface area (Å²) in [5.41, 5.74) is 0.702. The van der Waals surface area contributed by atoms with Crippen LogP contribution in [0.3, 0.4) is 0 Å². The molecule has 0 aromatic heterocycles. The monoisotopic (exact) mass is 307 g/mol. The molecule has 1 heterocycles. The molecular weight excluding hydrogens is 286 g/mol. The van der Waals surface area contributed by atoms with Crippen LogP contribution in [-0.2, 0) is 10.0 Å². The highest BCUT2D eigenvalue weighted by molar-refractivity contribution is 7.89. The van der Waals surface area contributed by atoms with Crippen LogP contribution in [0.4, 0.5) is 0 Å². The number of benzene rings is 1. The maximum absolute atomic E-state index is 12.6. The average molecular weight is 307 g/mol. The second-order valence-corrected chi connectivity index (χ2v) is 7.23. The van der Waals surface area contributed by atoms with Gasteiger partial charge in [0.15, 0.2) is 0 Å². The minimum Gasteiger partial charge on any atom is -0.384 e. The van der Waals surface area contributed by atoms with Crippen molar-refractivity contribution < 1.29 is 13.5 Å². The first kappa shape index (κ1) is 16.0. The fourth-order valence-electron chi connectivity index (χ4n) is 2.66. The first-order valence-corrected chi connectivity index (χ1v) is 8.72. The van der Waals surface area contributed by atoms with E-state index in [-0.39, 0.29) is 6.61 Å². The van der Waals surface area contributed by atoms with Gasteiger partial charge in [0.05, 0.1) is 4.90 Å². The van der Waals surface area contributed by atoms with Gasteiger partial charge in [-0.15, -0.1) is 0 Å². The standard InChI is InChI=1S/C16H21NO3S/c1-2-4-15-10-11-17(13-15)21(19,20)16-8-6-14(7-9-16)5-3-12-18/h6-9,15,18H,2,4,10-13H2,1H3. The molecule has 1 atom stereocenters. The number of aliphatic hydroxyl groups is 1. The Kier molecular flexibility index (Phi) is 5.40. The fourth-order valence-corrected chi connectivity index (χ4v) is 4.19. The zero-order valence-corrected chi connectivity index (χ0v) is 13.1. The predicted octanol–water partition coefficient (Wildman–Crippen LogP) is 1.84. The molecular formula is C16H21NO3S. The summed E-state index contributed by atoms with van der Waals surface area (Å²) in [6, 6.07) is 6.53. The topological polar surface area (TPSA) is 57.6 Å². The Morgan fingerprint density at radius 1 is 1.33 bits per heavy atom. The quantitative estimate of drug-likeness (QED) is 0.864. The summed E-state index contributed by atoms with van der Waals surface area (Å²) in [6.45, 7) is 3.16. The Hall–Kier alpha value is -1.35. The summed E-state index contributed by atoms with van der Waals surface area (Å²) in [6.07, 6.45) is 3.13. The molecule has 1 aliphatic heterocycles. The summed E-state index contributed by atoms with van der Waals surface area (Å²) in [4.78, 5) is 0.314. The number of hydrogen-bond donors (Lipinski definition) is 1. The first-order valence-electron chi connectivity index (χ1n) is 7.28. The van der Waals surface area contributed by atoms with E-state index in [9.17, 15) is 8.42 Å². The van der Waals surface area contributed by atoms with E-state index in [0.717, 1.165) is 19.3 Å². The van der Waals surface area contributed by atoms with Crippen molar-refractivity contribution in [2.75, 3.05) is 19.7 Å². The van der Waals surface area contributed by atoms with Crippen molar-refractivity contribution >= 4 is 10.0 Å². The van der Waals surface area contributed by atoms with Crippen molar-refractivity contribution in [2.45, 2.75) is 31.1 Å². The van der Waals surface area contributed by atoms with Crippen LogP contribution in [0.5, 0.6) is 0 Å². The number of hydrogen-bond acceptors (Lipinski definition) is 3. The van der Waals surface area contributed by atoms with E-state index in [1.54, 1.807) is 28.6 Å². The third kappa shape index (κ3) is 3.85. The minimum absolute atomic E-state index is 0.202. The second-order valence-electron chi connectivity index (χ2n) is 5.29. The van der Waals surface area contributed by atoms with E-state index < -0.39 is 10.0 Å². The van der Waals surface area contributed by atoms with Crippen LogP contribution in [0.1, 0.15) is 31.7 Å². The maximum atomic E-state index is 12.6. The second kappa shape index (κ2) is 7.08. The summed E-state index contributed by atoms with van der Waals surface area (Å²) in [5, 5.41) is 8.65. The molecule has 1 aliphatic rings. The molecule has 1 saturated heterocycles. The molecule has 0 aliphatic carbocycles. The minimum atomic E-state index is -3.39. The van der Waals surface area contributed by atoms with Gasteiger partial charge in [0.25, 0.3) is 0 Å². The van der Waals surface area contributed by atoms with Gasteiger partial charge in [-0.2, -0.15) is 4.31 Å². The van der Waals surface area contributed by atoms with Crippen molar-refractivity contribution in [1.82, 2.24) is 4.31 Å². The molecule has 0 spiro atoms. The maximum Gasteiger partial charge on any atom is 0.243 e. The Morgan fingerprint density at radius 2 is 2.05 bits per heavy atom. The van der Waals surface area contributed by atoms with Crippen molar-refractivity contribution in [1.29, 1.82) is 0 Å². The van der Waals surface area contributed by atoms with Crippen LogP contribution in [0.15, 0.2) is 29.2 Å². The van der Waals surface area contributed by atoms with Gasteiger partial charge in [-0.1, -0.05) is 25.2 Å². The molecule has 114 valence electrons. The molecule has 2 rings (SSSR count).